The predicted molar refractivity (Wildman–Crippen MR) is 131 cm³/mol. The summed E-state index contributed by atoms with van der Waals surface area (Å²) >= 11 is 0. The summed E-state index contributed by atoms with van der Waals surface area (Å²) in [6.45, 7) is 1.31. The van der Waals surface area contributed by atoms with E-state index in [1.54, 1.807) is 6.07 Å². The van der Waals surface area contributed by atoms with Gasteiger partial charge in [0.2, 0.25) is 11.8 Å². The predicted octanol–water partition coefficient (Wildman–Crippen LogP) is 2.27. The third-order valence-electron chi connectivity index (χ3n) is 6.47. The van der Waals surface area contributed by atoms with Crippen molar-refractivity contribution in [3.05, 3.63) is 36.0 Å². The molecular weight excluding hydrogens is 470 g/mol. The Morgan fingerprint density at radius 2 is 2.11 bits per heavy atom. The summed E-state index contributed by atoms with van der Waals surface area (Å²) in [6, 6.07) is 7.24. The van der Waals surface area contributed by atoms with Gasteiger partial charge in [-0.05, 0) is 50.7 Å². The number of piperidine rings is 1. The van der Waals surface area contributed by atoms with E-state index in [-0.39, 0.29) is 17.0 Å². The molecule has 35 heavy (non-hydrogen) atoms. The van der Waals surface area contributed by atoms with E-state index in [1.165, 1.54) is 16.6 Å². The topological polar surface area (TPSA) is 126 Å². The van der Waals surface area contributed by atoms with Crippen molar-refractivity contribution in [1.29, 1.82) is 0 Å². The normalized spacial score (nSPS) is 18.4. The number of rotatable bonds is 7. The summed E-state index contributed by atoms with van der Waals surface area (Å²) in [4.78, 5) is 10.4. The van der Waals surface area contributed by atoms with Gasteiger partial charge in [-0.15, -0.1) is 5.10 Å². The molecule has 3 aromatic rings. The summed E-state index contributed by atoms with van der Waals surface area (Å²) < 4.78 is 60.6. The van der Waals surface area contributed by atoms with Crippen molar-refractivity contribution in [3.8, 4) is 22.8 Å². The molecule has 2 aliphatic heterocycles. The molecule has 186 valence electrons. The quantitative estimate of drug-likeness (QED) is 0.500. The van der Waals surface area contributed by atoms with Crippen LogP contribution < -0.4 is 14.8 Å². The molecule has 2 aromatic heterocycles. The van der Waals surface area contributed by atoms with Gasteiger partial charge in [-0.2, -0.15) is 9.29 Å². The molecule has 12 heteroatoms. The van der Waals surface area contributed by atoms with Crippen molar-refractivity contribution in [3.63, 3.8) is 0 Å². The molecular formula is C23H29N7O4S. The Balaban J connectivity index is 1.43. The number of nitrogens with one attached hydrogen (secondary N) is 2. The summed E-state index contributed by atoms with van der Waals surface area (Å²) in [5.74, 6) is 0.729. The second kappa shape index (κ2) is 9.44. The second-order valence-corrected chi connectivity index (χ2v) is 10.6. The molecule has 0 radical (unpaired) electrons. The lowest BCUT2D eigenvalue weighted by molar-refractivity contribution is 0.196. The van der Waals surface area contributed by atoms with E-state index in [2.05, 4.69) is 30.4 Å². The molecule has 0 amide bonds. The zero-order valence-corrected chi connectivity index (χ0v) is 20.3. The van der Waals surface area contributed by atoms with Crippen molar-refractivity contribution in [1.82, 2.24) is 29.4 Å². The first-order valence-corrected chi connectivity index (χ1v) is 12.8. The van der Waals surface area contributed by atoms with Gasteiger partial charge in [0.05, 0.1) is 23.4 Å². The molecule has 0 bridgehead atoms. The lowest BCUT2D eigenvalue weighted by Gasteiger charge is -2.33. The van der Waals surface area contributed by atoms with Gasteiger partial charge in [0.15, 0.2) is 0 Å². The number of sulfonamides is 1. The minimum Gasteiger partial charge on any atom is -0.493 e. The smallest absolute Gasteiger partial charge is 0.278 e. The fourth-order valence-electron chi connectivity index (χ4n) is 4.54. The average Bonchev–Trinajstić information content (AvgIpc) is 3.54. The molecule has 0 spiro atoms. The fraction of sp³-hybridized carbons (Fsp3) is 0.435. The first-order chi connectivity index (χ1) is 18.0. The minimum absolute atomic E-state index is 0.0468. The first kappa shape index (κ1) is 20.0. The fourth-order valence-corrected chi connectivity index (χ4v) is 5.84. The molecule has 0 atom stereocenters. The van der Waals surface area contributed by atoms with Crippen LogP contribution in [0.25, 0.3) is 11.1 Å². The minimum atomic E-state index is -3.84. The SMILES string of the molecule is [2H]C([2H])([2H])Oc1cc(-c2ccc3c(c2Nc2n[nH]c(S(=O)(=O)N4CCC(N(C)C)CC4)n2)CCO3)ccn1. The number of methoxy groups -OCH3 is 1. The summed E-state index contributed by atoms with van der Waals surface area (Å²) in [6.07, 6.45) is 3.56. The number of fused-ring (bicyclic) bond motifs is 1. The van der Waals surface area contributed by atoms with E-state index in [0.29, 0.717) is 54.7 Å². The van der Waals surface area contributed by atoms with Crippen LogP contribution >= 0.6 is 0 Å². The molecule has 11 nitrogen and oxygen atoms in total. The van der Waals surface area contributed by atoms with Crippen molar-refractivity contribution in [2.45, 2.75) is 30.5 Å². The van der Waals surface area contributed by atoms with Crippen LogP contribution in [0.3, 0.4) is 0 Å². The van der Waals surface area contributed by atoms with Crippen LogP contribution in [0, 0.1) is 0 Å². The van der Waals surface area contributed by atoms with E-state index >= 15 is 0 Å². The number of benzene rings is 1. The van der Waals surface area contributed by atoms with E-state index < -0.39 is 17.1 Å². The first-order valence-electron chi connectivity index (χ1n) is 12.8. The van der Waals surface area contributed by atoms with Crippen LogP contribution in [-0.4, -0.2) is 84.7 Å². The molecule has 5 rings (SSSR count). The summed E-state index contributed by atoms with van der Waals surface area (Å²) in [7, 11) is -2.48. The standard InChI is InChI=1S/C23H29N7O4S/c1-29(2)16-7-11-30(12-8-16)35(31,32)23-26-22(27-28-23)25-21-17(4-5-19-18(21)9-13-34-19)15-6-10-24-20(14-15)33-3/h4-6,10,14,16H,7-9,11-13H2,1-3H3,(H2,25,26,27,28)/i3D3. The highest BCUT2D eigenvalue weighted by Crippen LogP contribution is 2.41. The van der Waals surface area contributed by atoms with E-state index in [4.69, 9.17) is 13.6 Å². The Kier molecular flexibility index (Phi) is 5.40. The number of aromatic nitrogens is 4. The number of ether oxygens (including phenoxy) is 2. The highest BCUT2D eigenvalue weighted by Gasteiger charge is 2.33. The van der Waals surface area contributed by atoms with Gasteiger partial charge in [-0.3, -0.25) is 0 Å². The number of pyridine rings is 1. The number of H-pyrrole nitrogens is 1. The molecule has 1 fully saturated rings. The molecule has 2 N–H and O–H groups in total. The molecule has 0 saturated carbocycles. The number of hydrogen-bond acceptors (Lipinski definition) is 9. The highest BCUT2D eigenvalue weighted by atomic mass is 32.2. The monoisotopic (exact) mass is 502 g/mol. The van der Waals surface area contributed by atoms with Crippen LogP contribution in [-0.2, 0) is 16.4 Å². The van der Waals surface area contributed by atoms with Gasteiger partial charge in [-0.1, -0.05) is 0 Å². The van der Waals surface area contributed by atoms with Gasteiger partial charge in [-0.25, -0.2) is 18.5 Å². The zero-order chi connectivity index (χ0) is 27.1. The van der Waals surface area contributed by atoms with E-state index in [0.717, 1.165) is 18.4 Å². The molecule has 2 aliphatic rings. The van der Waals surface area contributed by atoms with Gasteiger partial charge in [0.25, 0.3) is 15.2 Å². The van der Waals surface area contributed by atoms with Crippen molar-refractivity contribution < 1.29 is 22.0 Å². The van der Waals surface area contributed by atoms with Crippen LogP contribution in [0.15, 0.2) is 35.6 Å². The van der Waals surface area contributed by atoms with Crippen molar-refractivity contribution in [2.75, 3.05) is 46.1 Å². The Labute approximate surface area is 208 Å². The highest BCUT2D eigenvalue weighted by molar-refractivity contribution is 7.88. The molecule has 1 saturated heterocycles. The maximum atomic E-state index is 13.2. The summed E-state index contributed by atoms with van der Waals surface area (Å²) in [5.41, 5.74) is 2.84. The van der Waals surface area contributed by atoms with Gasteiger partial charge in [0, 0.05) is 48.9 Å². The molecule has 0 unspecified atom stereocenters. The van der Waals surface area contributed by atoms with Crippen molar-refractivity contribution >= 4 is 21.7 Å². The third kappa shape index (κ3) is 4.56. The molecule has 4 heterocycles. The second-order valence-electron chi connectivity index (χ2n) is 8.74. The van der Waals surface area contributed by atoms with Crippen LogP contribution in [0.4, 0.5) is 11.6 Å². The maximum absolute atomic E-state index is 13.2. The Morgan fingerprint density at radius 1 is 1.29 bits per heavy atom. The van der Waals surface area contributed by atoms with E-state index in [1.807, 2.05) is 26.2 Å². The van der Waals surface area contributed by atoms with Crippen LogP contribution in [0.5, 0.6) is 11.6 Å². The van der Waals surface area contributed by atoms with Gasteiger partial charge >= 0.3 is 0 Å². The molecule has 0 aliphatic carbocycles. The number of hydrogen-bond donors (Lipinski definition) is 2. The Morgan fingerprint density at radius 3 is 2.89 bits per heavy atom. The van der Waals surface area contributed by atoms with E-state index in [9.17, 15) is 8.42 Å². The molecule has 1 aromatic carbocycles. The van der Waals surface area contributed by atoms with Gasteiger partial charge in [0.1, 0.15) is 5.75 Å². The van der Waals surface area contributed by atoms with Gasteiger partial charge < -0.3 is 19.7 Å². The average molecular weight is 503 g/mol. The largest absolute Gasteiger partial charge is 0.493 e. The zero-order valence-electron chi connectivity index (χ0n) is 22.5. The number of anilines is 2. The number of aromatic amines is 1. The third-order valence-corrected chi connectivity index (χ3v) is 8.19. The van der Waals surface area contributed by atoms with Crippen molar-refractivity contribution in [2.24, 2.45) is 0 Å². The lowest BCUT2D eigenvalue weighted by Crippen LogP contribution is -2.44. The Hall–Kier alpha value is -3.22. The summed E-state index contributed by atoms with van der Waals surface area (Å²) in [5, 5.41) is 9.63. The van der Waals surface area contributed by atoms with Crippen LogP contribution in [0.2, 0.25) is 0 Å². The lowest BCUT2D eigenvalue weighted by atomic mass is 9.99. The maximum Gasteiger partial charge on any atom is 0.278 e. The Bertz CT molecular complexity index is 1420. The number of nitrogens with zero attached hydrogens (tertiary/aromatic N) is 5. The van der Waals surface area contributed by atoms with Crippen LogP contribution in [0.1, 0.15) is 22.5 Å².